The third kappa shape index (κ3) is 5.01. The first-order valence-electron chi connectivity index (χ1n) is 12.9. The monoisotopic (exact) mass is 526 g/mol. The van der Waals surface area contributed by atoms with Crippen molar-refractivity contribution in [2.24, 2.45) is 0 Å². The van der Waals surface area contributed by atoms with Crippen molar-refractivity contribution >= 4 is 42.6 Å². The van der Waals surface area contributed by atoms with Gasteiger partial charge in [-0.3, -0.25) is 4.79 Å². The first kappa shape index (κ1) is 25.2. The molecule has 2 aromatic carbocycles. The van der Waals surface area contributed by atoms with E-state index < -0.39 is 10.0 Å². The molecular formula is C27H34N4O3S2. The number of carbonyl (C=O) groups excluding carboxylic acids is 1. The second-order valence-electron chi connectivity index (χ2n) is 9.97. The van der Waals surface area contributed by atoms with Gasteiger partial charge in [-0.25, -0.2) is 13.4 Å². The fraction of sp³-hybridized carbons (Fsp3) is 0.481. The number of hydrogen-bond acceptors (Lipinski definition) is 6. The number of rotatable bonds is 5. The molecule has 0 N–H and O–H groups in total. The Balaban J connectivity index is 1.23. The van der Waals surface area contributed by atoms with Gasteiger partial charge in [-0.15, -0.1) is 0 Å². The number of nitrogens with zero attached hydrogens (tertiary/aromatic N) is 4. The Morgan fingerprint density at radius 3 is 2.19 bits per heavy atom. The predicted octanol–water partition coefficient (Wildman–Crippen LogP) is 4.95. The summed E-state index contributed by atoms with van der Waals surface area (Å²) >= 11 is 1.71. The van der Waals surface area contributed by atoms with E-state index in [1.54, 1.807) is 39.9 Å². The van der Waals surface area contributed by atoms with Crippen LogP contribution in [0.5, 0.6) is 0 Å². The van der Waals surface area contributed by atoms with E-state index in [4.69, 9.17) is 4.98 Å². The summed E-state index contributed by atoms with van der Waals surface area (Å²) in [7, 11) is -3.51. The Kier molecular flexibility index (Phi) is 7.32. The fourth-order valence-electron chi connectivity index (χ4n) is 5.04. The molecule has 0 atom stereocenters. The van der Waals surface area contributed by atoms with Crippen molar-refractivity contribution in [3.05, 3.63) is 53.6 Å². The van der Waals surface area contributed by atoms with Crippen LogP contribution in [0.4, 0.5) is 5.13 Å². The van der Waals surface area contributed by atoms with Gasteiger partial charge in [0.15, 0.2) is 5.13 Å². The zero-order valence-electron chi connectivity index (χ0n) is 21.0. The lowest BCUT2D eigenvalue weighted by molar-refractivity contribution is 0.0746. The topological polar surface area (TPSA) is 73.8 Å². The summed E-state index contributed by atoms with van der Waals surface area (Å²) in [6, 6.07) is 12.8. The average molecular weight is 527 g/mol. The van der Waals surface area contributed by atoms with E-state index in [2.05, 4.69) is 36.9 Å². The number of thiazole rings is 1. The van der Waals surface area contributed by atoms with Crippen molar-refractivity contribution in [1.82, 2.24) is 14.2 Å². The summed E-state index contributed by atoms with van der Waals surface area (Å²) in [5.74, 6) is 0.364. The number of amides is 1. The van der Waals surface area contributed by atoms with Gasteiger partial charge in [0.1, 0.15) is 0 Å². The second-order valence-corrected chi connectivity index (χ2v) is 12.9. The highest BCUT2D eigenvalue weighted by atomic mass is 32.2. The van der Waals surface area contributed by atoms with Crippen LogP contribution in [0.25, 0.3) is 10.2 Å². The quantitative estimate of drug-likeness (QED) is 0.471. The molecule has 0 unspecified atom stereocenters. The molecule has 7 nitrogen and oxygen atoms in total. The van der Waals surface area contributed by atoms with Crippen LogP contribution in [0.1, 0.15) is 61.4 Å². The van der Waals surface area contributed by atoms with Crippen molar-refractivity contribution in [3.8, 4) is 0 Å². The molecule has 1 aromatic heterocycles. The lowest BCUT2D eigenvalue weighted by Gasteiger charge is -2.34. The average Bonchev–Trinajstić information content (AvgIpc) is 3.13. The number of carbonyl (C=O) groups is 1. The molecule has 0 aliphatic carbocycles. The van der Waals surface area contributed by atoms with Crippen LogP contribution in [0.3, 0.4) is 0 Å². The van der Waals surface area contributed by atoms with Crippen LogP contribution in [-0.4, -0.2) is 67.8 Å². The Labute approximate surface area is 217 Å². The third-order valence-corrected chi connectivity index (χ3v) is 10.2. The van der Waals surface area contributed by atoms with Gasteiger partial charge in [0.2, 0.25) is 10.0 Å². The summed E-state index contributed by atoms with van der Waals surface area (Å²) in [5, 5.41) is 1.01. The van der Waals surface area contributed by atoms with Crippen molar-refractivity contribution in [2.75, 3.05) is 44.2 Å². The molecule has 3 heterocycles. The Morgan fingerprint density at radius 1 is 0.889 bits per heavy atom. The number of hydrogen-bond donors (Lipinski definition) is 0. The van der Waals surface area contributed by atoms with Gasteiger partial charge in [-0.1, -0.05) is 50.2 Å². The molecule has 3 aromatic rings. The zero-order valence-corrected chi connectivity index (χ0v) is 22.7. The van der Waals surface area contributed by atoms with E-state index in [1.807, 2.05) is 4.90 Å². The van der Waals surface area contributed by atoms with Crippen LogP contribution < -0.4 is 4.90 Å². The third-order valence-electron chi connectivity index (χ3n) is 7.20. The Hall–Kier alpha value is -2.49. The molecule has 2 aliphatic heterocycles. The highest BCUT2D eigenvalue weighted by Gasteiger charge is 2.27. The zero-order chi connectivity index (χ0) is 25.3. The van der Waals surface area contributed by atoms with Crippen molar-refractivity contribution in [3.63, 3.8) is 0 Å². The first-order chi connectivity index (χ1) is 17.3. The highest BCUT2D eigenvalue weighted by molar-refractivity contribution is 7.89. The molecule has 2 fully saturated rings. The maximum atomic E-state index is 13.1. The minimum Gasteiger partial charge on any atom is -0.345 e. The SMILES string of the molecule is CC(C)c1cccc2sc(N3CCN(C(=O)c4ccc(S(=O)(=O)N5CCCCCC5)cc4)CC3)nc12. The fourth-order valence-corrected chi connectivity index (χ4v) is 7.61. The van der Waals surface area contributed by atoms with Gasteiger partial charge in [0, 0.05) is 44.8 Å². The molecule has 0 bridgehead atoms. The number of para-hydroxylation sites is 1. The van der Waals surface area contributed by atoms with Crippen LogP contribution >= 0.6 is 11.3 Å². The summed E-state index contributed by atoms with van der Waals surface area (Å²) in [5.41, 5.74) is 2.88. The molecular weight excluding hydrogens is 492 g/mol. The first-order valence-corrected chi connectivity index (χ1v) is 15.1. The van der Waals surface area contributed by atoms with Gasteiger partial charge >= 0.3 is 0 Å². The van der Waals surface area contributed by atoms with Gasteiger partial charge < -0.3 is 9.80 Å². The molecule has 2 saturated heterocycles. The van der Waals surface area contributed by atoms with E-state index in [0.29, 0.717) is 37.7 Å². The molecule has 0 spiro atoms. The lowest BCUT2D eigenvalue weighted by atomic mass is 10.0. The number of aromatic nitrogens is 1. The van der Waals surface area contributed by atoms with Gasteiger partial charge in [0.05, 0.1) is 15.1 Å². The van der Waals surface area contributed by atoms with E-state index in [0.717, 1.165) is 49.4 Å². The molecule has 5 rings (SSSR count). The molecule has 2 aliphatic rings. The maximum absolute atomic E-state index is 13.1. The Bertz CT molecular complexity index is 1320. The van der Waals surface area contributed by atoms with Crippen LogP contribution in [-0.2, 0) is 10.0 Å². The van der Waals surface area contributed by atoms with Crippen LogP contribution in [0.15, 0.2) is 47.4 Å². The number of anilines is 1. The van der Waals surface area contributed by atoms with Crippen LogP contribution in [0.2, 0.25) is 0 Å². The number of piperazine rings is 1. The summed E-state index contributed by atoms with van der Waals surface area (Å²) in [6.45, 7) is 8.19. The molecule has 1 amide bonds. The van der Waals surface area contributed by atoms with E-state index in [9.17, 15) is 13.2 Å². The van der Waals surface area contributed by atoms with Gasteiger partial charge in [-0.05, 0) is 54.7 Å². The van der Waals surface area contributed by atoms with Crippen molar-refractivity contribution in [2.45, 2.75) is 50.3 Å². The van der Waals surface area contributed by atoms with Crippen molar-refractivity contribution < 1.29 is 13.2 Å². The lowest BCUT2D eigenvalue weighted by Crippen LogP contribution is -2.48. The molecule has 36 heavy (non-hydrogen) atoms. The molecule has 0 saturated carbocycles. The number of fused-ring (bicyclic) bond motifs is 1. The van der Waals surface area contributed by atoms with E-state index in [1.165, 1.54) is 10.3 Å². The highest BCUT2D eigenvalue weighted by Crippen LogP contribution is 2.34. The van der Waals surface area contributed by atoms with Crippen molar-refractivity contribution in [1.29, 1.82) is 0 Å². The summed E-state index contributed by atoms with van der Waals surface area (Å²) < 4.78 is 28.9. The smallest absolute Gasteiger partial charge is 0.253 e. The van der Waals surface area contributed by atoms with Gasteiger partial charge in [0.25, 0.3) is 5.91 Å². The normalized spacial score (nSPS) is 18.1. The molecule has 192 valence electrons. The van der Waals surface area contributed by atoms with Crippen LogP contribution in [0, 0.1) is 0 Å². The molecule has 0 radical (unpaired) electrons. The Morgan fingerprint density at radius 2 is 1.56 bits per heavy atom. The number of sulfonamides is 1. The second kappa shape index (κ2) is 10.5. The minimum atomic E-state index is -3.51. The maximum Gasteiger partial charge on any atom is 0.253 e. The standard InChI is InChI=1S/C27H34N4O3S2/c1-20(2)23-8-7-9-24-25(23)28-27(35-24)30-18-16-29(17-19-30)26(32)21-10-12-22(13-11-21)36(33,34)31-14-5-3-4-6-15-31/h7-13,20H,3-6,14-19H2,1-2H3. The van der Waals surface area contributed by atoms with E-state index >= 15 is 0 Å². The summed E-state index contributed by atoms with van der Waals surface area (Å²) in [6.07, 6.45) is 3.95. The van der Waals surface area contributed by atoms with Gasteiger partial charge in [-0.2, -0.15) is 4.31 Å². The number of benzene rings is 2. The minimum absolute atomic E-state index is 0.0558. The molecule has 9 heteroatoms. The van der Waals surface area contributed by atoms with E-state index in [-0.39, 0.29) is 10.8 Å². The predicted molar refractivity (Wildman–Crippen MR) is 145 cm³/mol. The summed E-state index contributed by atoms with van der Waals surface area (Å²) in [4.78, 5) is 22.5. The largest absolute Gasteiger partial charge is 0.345 e.